The van der Waals surface area contributed by atoms with Crippen molar-refractivity contribution in [1.29, 1.82) is 0 Å². The van der Waals surface area contributed by atoms with Crippen molar-refractivity contribution in [3.8, 4) is 0 Å². The van der Waals surface area contributed by atoms with E-state index in [-0.39, 0.29) is 27.7 Å². The maximum atomic E-state index is 10.8. The standard InChI is InChI=1S/C16H20N4O4/c1-11-6-7-16(2,3)10-12(8-11)17-18-14-5-4-13(19(21)22)9-15(14)20(23)24/h4-9,18,23-24H,10H2,1-3H3/q-2. The molecule has 8 heteroatoms. The summed E-state index contributed by atoms with van der Waals surface area (Å²) in [6.07, 6.45) is 6.77. The molecule has 1 aromatic rings. The van der Waals surface area contributed by atoms with Crippen LogP contribution in [-0.2, 0) is 0 Å². The molecule has 0 aliphatic heterocycles. The molecule has 0 amide bonds. The number of benzene rings is 1. The van der Waals surface area contributed by atoms with Crippen LogP contribution in [0.4, 0.5) is 17.1 Å². The van der Waals surface area contributed by atoms with E-state index in [0.29, 0.717) is 6.42 Å². The van der Waals surface area contributed by atoms with Gasteiger partial charge in [0.1, 0.15) is 5.69 Å². The van der Waals surface area contributed by atoms with Gasteiger partial charge in [-0.15, -0.1) is 5.23 Å². The summed E-state index contributed by atoms with van der Waals surface area (Å²) < 4.78 is 0. The van der Waals surface area contributed by atoms with E-state index in [0.717, 1.165) is 17.4 Å². The average molecular weight is 332 g/mol. The molecule has 2 rings (SSSR count). The van der Waals surface area contributed by atoms with E-state index in [4.69, 9.17) is 0 Å². The van der Waals surface area contributed by atoms with Gasteiger partial charge in [0.05, 0.1) is 11.4 Å². The summed E-state index contributed by atoms with van der Waals surface area (Å²) >= 11 is 0. The Morgan fingerprint density at radius 1 is 1.25 bits per heavy atom. The molecule has 0 atom stereocenters. The van der Waals surface area contributed by atoms with Crippen molar-refractivity contribution < 1.29 is 10.4 Å². The number of rotatable bonds is 4. The molecule has 0 saturated heterocycles. The molecule has 1 aromatic carbocycles. The van der Waals surface area contributed by atoms with Crippen LogP contribution in [0, 0.1) is 15.8 Å². The highest BCUT2D eigenvalue weighted by molar-refractivity contribution is 5.97. The number of allylic oxidation sites excluding steroid dienone is 4. The molecule has 0 spiro atoms. The monoisotopic (exact) mass is 332 g/mol. The molecule has 1 aliphatic rings. The van der Waals surface area contributed by atoms with E-state index in [1.54, 1.807) is 0 Å². The van der Waals surface area contributed by atoms with Crippen LogP contribution in [0.25, 0.3) is 0 Å². The molecule has 0 fully saturated rings. The minimum absolute atomic E-state index is 0.0624. The first-order valence-electron chi connectivity index (χ1n) is 7.34. The van der Waals surface area contributed by atoms with Crippen LogP contribution in [-0.4, -0.2) is 16.1 Å². The van der Waals surface area contributed by atoms with Crippen molar-refractivity contribution >= 4 is 22.8 Å². The third-order valence-electron chi connectivity index (χ3n) is 3.56. The number of hydrogen-bond donors (Lipinski definition) is 3. The minimum atomic E-state index is -0.617. The fourth-order valence-corrected chi connectivity index (χ4v) is 2.34. The number of nitrogens with zero attached hydrogens (tertiary/aromatic N) is 3. The normalized spacial score (nSPS) is 18.1. The first-order chi connectivity index (χ1) is 11.2. The summed E-state index contributed by atoms with van der Waals surface area (Å²) in [7, 11) is 0. The highest BCUT2D eigenvalue weighted by atomic mass is 16.8. The highest BCUT2D eigenvalue weighted by Gasteiger charge is 2.19. The van der Waals surface area contributed by atoms with Gasteiger partial charge in [-0.3, -0.25) is 15.8 Å². The first kappa shape index (κ1) is 18.0. The average Bonchev–Trinajstić information content (AvgIpc) is 2.62. The Hall–Kier alpha value is -2.39. The second kappa shape index (κ2) is 7.02. The van der Waals surface area contributed by atoms with Gasteiger partial charge in [0, 0.05) is 12.1 Å². The topological polar surface area (TPSA) is 117 Å². The first-order valence-corrected chi connectivity index (χ1v) is 7.34. The lowest BCUT2D eigenvalue weighted by Crippen LogP contribution is -2.16. The lowest BCUT2D eigenvalue weighted by atomic mass is 9.88. The third kappa shape index (κ3) is 4.56. The van der Waals surface area contributed by atoms with Crippen molar-refractivity contribution in [2.75, 3.05) is 15.9 Å². The molecular weight excluding hydrogens is 312 g/mol. The van der Waals surface area contributed by atoms with E-state index in [1.165, 1.54) is 12.1 Å². The fourth-order valence-electron chi connectivity index (χ4n) is 2.34. The number of nitrogens with one attached hydrogen (secondary N) is 1. The van der Waals surface area contributed by atoms with Crippen LogP contribution in [0.15, 0.2) is 47.1 Å². The quantitative estimate of drug-likeness (QED) is 0.718. The predicted molar refractivity (Wildman–Crippen MR) is 94.1 cm³/mol. The van der Waals surface area contributed by atoms with Crippen molar-refractivity contribution in [1.82, 2.24) is 0 Å². The maximum Gasteiger partial charge on any atom is 0.121 e. The summed E-state index contributed by atoms with van der Waals surface area (Å²) in [5.41, 5.74) is 4.33. The Morgan fingerprint density at radius 2 is 1.96 bits per heavy atom. The van der Waals surface area contributed by atoms with Crippen LogP contribution >= 0.6 is 0 Å². The zero-order valence-corrected chi connectivity index (χ0v) is 13.7. The van der Waals surface area contributed by atoms with Crippen LogP contribution in [0.2, 0.25) is 0 Å². The SMILES string of the molecule is CC1=CC(=NNc2ccc(N([O-])[O-])cc2N(O)O)CC(C)(C)C=C1. The van der Waals surface area contributed by atoms with Gasteiger partial charge >= 0.3 is 0 Å². The van der Waals surface area contributed by atoms with Crippen molar-refractivity contribution in [3.63, 3.8) is 0 Å². The third-order valence-corrected chi connectivity index (χ3v) is 3.56. The summed E-state index contributed by atoms with van der Waals surface area (Å²) in [5.74, 6) is 0. The van der Waals surface area contributed by atoms with Gasteiger partial charge in [0.25, 0.3) is 0 Å². The van der Waals surface area contributed by atoms with Gasteiger partial charge in [0.2, 0.25) is 0 Å². The van der Waals surface area contributed by atoms with E-state index < -0.39 is 5.23 Å². The Kier molecular flexibility index (Phi) is 5.25. The van der Waals surface area contributed by atoms with Gasteiger partial charge < -0.3 is 15.6 Å². The lowest BCUT2D eigenvalue weighted by molar-refractivity contribution is 0.0295. The van der Waals surface area contributed by atoms with Gasteiger partial charge in [-0.05, 0) is 42.2 Å². The largest absolute Gasteiger partial charge is 0.769 e. The van der Waals surface area contributed by atoms with E-state index in [2.05, 4.69) is 30.5 Å². The van der Waals surface area contributed by atoms with Crippen LogP contribution in [0.3, 0.4) is 0 Å². The van der Waals surface area contributed by atoms with Gasteiger partial charge in [-0.1, -0.05) is 26.0 Å². The Morgan fingerprint density at radius 3 is 2.58 bits per heavy atom. The van der Waals surface area contributed by atoms with Gasteiger partial charge in [-0.25, -0.2) is 0 Å². The maximum absolute atomic E-state index is 10.8. The summed E-state index contributed by atoms with van der Waals surface area (Å²) in [6, 6.07) is 3.67. The van der Waals surface area contributed by atoms with Gasteiger partial charge in [0.15, 0.2) is 0 Å². The smallest absolute Gasteiger partial charge is 0.121 e. The second-order valence-corrected chi connectivity index (χ2v) is 6.35. The molecule has 8 nitrogen and oxygen atoms in total. The van der Waals surface area contributed by atoms with E-state index in [1.807, 2.05) is 19.1 Å². The van der Waals surface area contributed by atoms with E-state index in [9.17, 15) is 20.8 Å². The number of anilines is 3. The second-order valence-electron chi connectivity index (χ2n) is 6.35. The Bertz CT molecular complexity index is 693. The fraction of sp³-hybridized carbons (Fsp3) is 0.312. The zero-order valence-electron chi connectivity index (χ0n) is 13.7. The van der Waals surface area contributed by atoms with Crippen LogP contribution < -0.4 is 15.9 Å². The molecule has 0 unspecified atom stereocenters. The Labute approximate surface area is 140 Å². The summed E-state index contributed by atoms with van der Waals surface area (Å²) in [4.78, 5) is 0. The zero-order chi connectivity index (χ0) is 17.9. The number of hydrazone groups is 1. The van der Waals surface area contributed by atoms with Crippen LogP contribution in [0.5, 0.6) is 0 Å². The van der Waals surface area contributed by atoms with Crippen molar-refractivity contribution in [2.24, 2.45) is 10.5 Å². The number of hydrogen-bond acceptors (Lipinski definition) is 8. The molecule has 1 aliphatic carbocycles. The molecular formula is C16H20N4O4-2. The lowest BCUT2D eigenvalue weighted by Gasteiger charge is -2.37. The molecule has 0 radical (unpaired) electrons. The molecule has 24 heavy (non-hydrogen) atoms. The van der Waals surface area contributed by atoms with Crippen LogP contribution in [0.1, 0.15) is 27.2 Å². The molecule has 0 aromatic heterocycles. The van der Waals surface area contributed by atoms with Crippen molar-refractivity contribution in [2.45, 2.75) is 27.2 Å². The Balaban J connectivity index is 2.29. The molecule has 0 bridgehead atoms. The highest BCUT2D eigenvalue weighted by Crippen LogP contribution is 2.30. The summed E-state index contributed by atoms with van der Waals surface area (Å²) in [6.45, 7) is 6.14. The molecule has 0 heterocycles. The van der Waals surface area contributed by atoms with Gasteiger partial charge in [-0.2, -0.15) is 5.10 Å². The minimum Gasteiger partial charge on any atom is -0.769 e. The molecule has 130 valence electrons. The predicted octanol–water partition coefficient (Wildman–Crippen LogP) is 3.77. The molecule has 3 N–H and O–H groups in total. The molecule has 0 saturated carbocycles. The van der Waals surface area contributed by atoms with E-state index >= 15 is 0 Å². The summed E-state index contributed by atoms with van der Waals surface area (Å²) in [5, 5.41) is 43.7. The van der Waals surface area contributed by atoms with Crippen molar-refractivity contribution in [3.05, 3.63) is 52.4 Å².